The van der Waals surface area contributed by atoms with Gasteiger partial charge in [0.2, 0.25) is 5.91 Å². The third-order valence-electron chi connectivity index (χ3n) is 6.73. The molecule has 2 aromatic rings. The van der Waals surface area contributed by atoms with Crippen LogP contribution in [0.4, 0.5) is 26.3 Å². The van der Waals surface area contributed by atoms with Gasteiger partial charge in [-0.25, -0.2) is 8.42 Å². The van der Waals surface area contributed by atoms with E-state index in [0.717, 1.165) is 11.1 Å². The SMILES string of the molecule is CC(CCCOc1ccc(C(S)=C(S)c2ccc(OCCCC(C)C(=O)NCC(F)(F)F)cc2)cc1)C(=O)CS(=O)(=O)C(F)(F)F. The van der Waals surface area contributed by atoms with Crippen LogP contribution in [0, 0.1) is 11.8 Å². The summed E-state index contributed by atoms with van der Waals surface area (Å²) in [4.78, 5) is 24.8. The van der Waals surface area contributed by atoms with E-state index in [1.165, 1.54) is 6.92 Å². The molecular weight excluding hydrogens is 681 g/mol. The van der Waals surface area contributed by atoms with Gasteiger partial charge in [0, 0.05) is 21.6 Å². The molecule has 0 saturated carbocycles. The Morgan fingerprint density at radius 3 is 1.57 bits per heavy atom. The molecule has 0 fully saturated rings. The topological polar surface area (TPSA) is 98.8 Å². The number of benzene rings is 2. The van der Waals surface area contributed by atoms with Crippen LogP contribution in [0.25, 0.3) is 9.81 Å². The van der Waals surface area contributed by atoms with Gasteiger partial charge in [-0.05, 0) is 61.1 Å². The Morgan fingerprint density at radius 2 is 1.17 bits per heavy atom. The van der Waals surface area contributed by atoms with Gasteiger partial charge in [0.05, 0.1) is 13.2 Å². The summed E-state index contributed by atoms with van der Waals surface area (Å²) in [5.41, 5.74) is -3.98. The summed E-state index contributed by atoms with van der Waals surface area (Å²) in [6, 6.07) is 13.9. The van der Waals surface area contributed by atoms with Crippen molar-refractivity contribution < 1.29 is 53.8 Å². The molecule has 2 aromatic carbocycles. The predicted molar refractivity (Wildman–Crippen MR) is 169 cm³/mol. The van der Waals surface area contributed by atoms with E-state index < -0.39 is 57.3 Å². The Bertz CT molecular complexity index is 1440. The van der Waals surface area contributed by atoms with E-state index >= 15 is 0 Å². The van der Waals surface area contributed by atoms with Gasteiger partial charge in [-0.3, -0.25) is 9.59 Å². The van der Waals surface area contributed by atoms with E-state index in [2.05, 4.69) is 25.3 Å². The lowest BCUT2D eigenvalue weighted by molar-refractivity contribution is -0.140. The number of rotatable bonds is 17. The number of hydrogen-bond donors (Lipinski definition) is 3. The van der Waals surface area contributed by atoms with E-state index in [9.17, 15) is 44.3 Å². The van der Waals surface area contributed by atoms with Gasteiger partial charge in [0.1, 0.15) is 23.8 Å². The second-order valence-electron chi connectivity index (χ2n) is 10.5. The van der Waals surface area contributed by atoms with Gasteiger partial charge in [-0.2, -0.15) is 26.3 Å². The molecule has 1 amide bonds. The van der Waals surface area contributed by atoms with Crippen LogP contribution in [0.15, 0.2) is 48.5 Å². The highest BCUT2D eigenvalue weighted by Crippen LogP contribution is 2.33. The molecule has 7 nitrogen and oxygen atoms in total. The summed E-state index contributed by atoms with van der Waals surface area (Å²) in [5.74, 6) is -3.64. The van der Waals surface area contributed by atoms with Gasteiger partial charge in [0.25, 0.3) is 9.84 Å². The van der Waals surface area contributed by atoms with Crippen molar-refractivity contribution in [2.75, 3.05) is 25.5 Å². The largest absolute Gasteiger partial charge is 0.497 e. The molecule has 2 atom stereocenters. The molecule has 0 heterocycles. The summed E-state index contributed by atoms with van der Waals surface area (Å²) in [6.45, 7) is 2.01. The van der Waals surface area contributed by atoms with E-state index in [4.69, 9.17) is 9.47 Å². The predicted octanol–water partition coefficient (Wildman–Crippen LogP) is 7.14. The van der Waals surface area contributed by atoms with E-state index in [-0.39, 0.29) is 19.6 Å². The average molecular weight is 716 g/mol. The third kappa shape index (κ3) is 13.1. The summed E-state index contributed by atoms with van der Waals surface area (Å²) in [5, 5.41) is 1.87. The Morgan fingerprint density at radius 1 is 0.761 bits per heavy atom. The van der Waals surface area contributed by atoms with Gasteiger partial charge in [-0.15, -0.1) is 25.3 Å². The number of carbonyl (C=O) groups excluding carboxylic acids is 2. The normalized spacial score (nSPS) is 14.2. The highest BCUT2D eigenvalue weighted by molar-refractivity contribution is 7.96. The van der Waals surface area contributed by atoms with Crippen molar-refractivity contribution in [1.82, 2.24) is 5.32 Å². The zero-order valence-corrected chi connectivity index (χ0v) is 27.6. The van der Waals surface area contributed by atoms with Crippen molar-refractivity contribution in [3.05, 3.63) is 59.7 Å². The molecule has 0 aliphatic carbocycles. The second kappa shape index (κ2) is 17.3. The number of sulfone groups is 1. The molecule has 2 unspecified atom stereocenters. The van der Waals surface area contributed by atoms with Crippen molar-refractivity contribution in [2.24, 2.45) is 11.8 Å². The maximum Gasteiger partial charge on any atom is 0.497 e. The minimum atomic E-state index is -5.50. The summed E-state index contributed by atoms with van der Waals surface area (Å²) in [6.07, 6.45) is -3.15. The van der Waals surface area contributed by atoms with Gasteiger partial charge >= 0.3 is 11.7 Å². The fourth-order valence-electron chi connectivity index (χ4n) is 3.92. The molecule has 0 spiro atoms. The lowest BCUT2D eigenvalue weighted by atomic mass is 10.0. The van der Waals surface area contributed by atoms with Crippen molar-refractivity contribution in [2.45, 2.75) is 51.2 Å². The zero-order chi connectivity index (χ0) is 34.7. The van der Waals surface area contributed by atoms with Crippen molar-refractivity contribution in [3.63, 3.8) is 0 Å². The van der Waals surface area contributed by atoms with E-state index in [1.807, 2.05) is 5.32 Å². The van der Waals surface area contributed by atoms with Crippen molar-refractivity contribution in [1.29, 1.82) is 0 Å². The number of ketones is 1. The molecule has 256 valence electrons. The first kappa shape index (κ1) is 39.3. The molecule has 0 saturated heterocycles. The molecule has 16 heteroatoms. The third-order valence-corrected chi connectivity index (χ3v) is 9.24. The number of carbonyl (C=O) groups is 2. The second-order valence-corrected chi connectivity index (χ2v) is 13.4. The first-order chi connectivity index (χ1) is 21.3. The van der Waals surface area contributed by atoms with Crippen molar-refractivity contribution >= 4 is 56.6 Å². The number of amides is 1. The van der Waals surface area contributed by atoms with Crippen molar-refractivity contribution in [3.8, 4) is 11.5 Å². The van der Waals surface area contributed by atoms with Crippen LogP contribution < -0.4 is 14.8 Å². The standard InChI is InChI=1S/C30H35F6NO6S3/c1-19(25(38)17-46(40,41)30(34,35)36)5-3-15-42-23-11-7-21(8-12-23)26(44)27(45)22-9-13-24(14-10-22)43-16-4-6-20(2)28(39)37-18-29(31,32)33/h7-14,19-20,44-45H,3-6,15-18H2,1-2H3,(H,37,39). The molecule has 0 aliphatic heterocycles. The minimum absolute atomic E-state index is 0.160. The van der Waals surface area contributed by atoms with Crippen LogP contribution in [0.5, 0.6) is 11.5 Å². The molecule has 0 aromatic heterocycles. The maximum absolute atomic E-state index is 12.5. The quantitative estimate of drug-likeness (QED) is 0.0698. The minimum Gasteiger partial charge on any atom is -0.494 e. The molecule has 0 radical (unpaired) electrons. The van der Waals surface area contributed by atoms with Crippen LogP contribution in [-0.4, -0.2) is 57.3 Å². The lowest BCUT2D eigenvalue weighted by Crippen LogP contribution is -2.36. The van der Waals surface area contributed by atoms with Gasteiger partial charge < -0.3 is 14.8 Å². The highest BCUT2D eigenvalue weighted by Gasteiger charge is 2.46. The van der Waals surface area contributed by atoms with Crippen LogP contribution in [0.3, 0.4) is 0 Å². The molecule has 2 rings (SSSR count). The number of ether oxygens (including phenoxy) is 2. The number of Topliss-reactive ketones (excluding diaryl/α,β-unsaturated/α-hetero) is 1. The fourth-order valence-corrected chi connectivity index (χ4v) is 5.29. The Kier molecular flexibility index (Phi) is 14.8. The van der Waals surface area contributed by atoms with Crippen LogP contribution >= 0.6 is 25.3 Å². The number of thiol groups is 2. The molecular formula is C30H35F6NO6S3. The van der Waals surface area contributed by atoms with E-state index in [0.29, 0.717) is 40.6 Å². The van der Waals surface area contributed by atoms with Crippen LogP contribution in [0.2, 0.25) is 0 Å². The molecule has 0 bridgehead atoms. The van der Waals surface area contributed by atoms with Gasteiger partial charge in [0.15, 0.2) is 5.78 Å². The summed E-state index contributed by atoms with van der Waals surface area (Å²) >= 11 is 9.18. The smallest absolute Gasteiger partial charge is 0.494 e. The number of hydrogen-bond acceptors (Lipinski definition) is 8. The monoisotopic (exact) mass is 715 g/mol. The Labute approximate surface area is 274 Å². The molecule has 1 N–H and O–H groups in total. The van der Waals surface area contributed by atoms with Gasteiger partial charge in [-0.1, -0.05) is 38.1 Å². The Hall–Kier alpha value is -2.85. The van der Waals surface area contributed by atoms with Crippen LogP contribution in [0.1, 0.15) is 50.7 Å². The number of halogens is 6. The average Bonchev–Trinajstić information content (AvgIpc) is 2.98. The fraction of sp³-hybridized carbons (Fsp3) is 0.467. The summed E-state index contributed by atoms with van der Waals surface area (Å²) < 4.78 is 108. The zero-order valence-electron chi connectivity index (χ0n) is 25.0. The first-order valence-electron chi connectivity index (χ1n) is 14.1. The number of nitrogens with one attached hydrogen (secondary N) is 1. The Balaban J connectivity index is 1.81. The first-order valence-corrected chi connectivity index (χ1v) is 16.6. The summed E-state index contributed by atoms with van der Waals surface area (Å²) in [7, 11) is -5.50. The number of alkyl halides is 6. The highest BCUT2D eigenvalue weighted by atomic mass is 32.2. The lowest BCUT2D eigenvalue weighted by Gasteiger charge is -2.14. The maximum atomic E-state index is 12.5. The van der Waals surface area contributed by atoms with E-state index in [1.54, 1.807) is 55.5 Å². The molecule has 46 heavy (non-hydrogen) atoms. The van der Waals surface area contributed by atoms with Crippen LogP contribution in [-0.2, 0) is 19.4 Å². The molecule has 0 aliphatic rings.